The summed E-state index contributed by atoms with van der Waals surface area (Å²) in [6.07, 6.45) is 3.35. The van der Waals surface area contributed by atoms with Crippen molar-refractivity contribution in [3.8, 4) is 11.1 Å². The molecule has 0 spiro atoms. The molecule has 0 saturated heterocycles. The highest BCUT2D eigenvalue weighted by Crippen LogP contribution is 2.25. The zero-order valence-corrected chi connectivity index (χ0v) is 10.5. The lowest BCUT2D eigenvalue weighted by Crippen LogP contribution is -1.94. The number of rotatable bonds is 3. The van der Waals surface area contributed by atoms with Crippen molar-refractivity contribution < 1.29 is 4.39 Å². The monoisotopic (exact) mass is 242 g/mol. The van der Waals surface area contributed by atoms with E-state index in [4.69, 9.17) is 0 Å². The van der Waals surface area contributed by atoms with Crippen LogP contribution in [0, 0.1) is 19.7 Å². The van der Waals surface area contributed by atoms with Gasteiger partial charge in [-0.05, 0) is 49.4 Å². The Kier molecular flexibility index (Phi) is 3.42. The van der Waals surface area contributed by atoms with Gasteiger partial charge in [0, 0.05) is 11.8 Å². The number of nitrogens with one attached hydrogen (secondary N) is 1. The number of halogens is 1. The summed E-state index contributed by atoms with van der Waals surface area (Å²) >= 11 is 0. The fourth-order valence-electron chi connectivity index (χ4n) is 1.85. The van der Waals surface area contributed by atoms with Crippen molar-refractivity contribution >= 4 is 5.69 Å². The average Bonchev–Trinajstić information content (AvgIpc) is 2.31. The standard InChI is InChI=1S/C15H15FN2/c1-4-17-15-8-13(9-18-11(15)3)12-5-10(2)6-14(16)7-12/h4-9,17H,1H2,2-3H3. The Morgan fingerprint density at radius 1 is 1.17 bits per heavy atom. The predicted octanol–water partition coefficient (Wildman–Crippen LogP) is 4.06. The summed E-state index contributed by atoms with van der Waals surface area (Å²) in [6, 6.07) is 6.90. The topological polar surface area (TPSA) is 24.9 Å². The first kappa shape index (κ1) is 12.3. The minimum atomic E-state index is -0.233. The summed E-state index contributed by atoms with van der Waals surface area (Å²) in [5.74, 6) is -0.233. The highest BCUT2D eigenvalue weighted by atomic mass is 19.1. The van der Waals surface area contributed by atoms with E-state index in [0.29, 0.717) is 0 Å². The predicted molar refractivity (Wildman–Crippen MR) is 72.9 cm³/mol. The lowest BCUT2D eigenvalue weighted by Gasteiger charge is -2.08. The molecule has 0 aliphatic rings. The van der Waals surface area contributed by atoms with E-state index in [1.54, 1.807) is 12.4 Å². The van der Waals surface area contributed by atoms with Crippen LogP contribution in [0.15, 0.2) is 43.2 Å². The molecule has 1 N–H and O–H groups in total. The average molecular weight is 242 g/mol. The van der Waals surface area contributed by atoms with Crippen LogP contribution in [0.2, 0.25) is 0 Å². The minimum absolute atomic E-state index is 0.233. The largest absolute Gasteiger partial charge is 0.361 e. The summed E-state index contributed by atoms with van der Waals surface area (Å²) in [7, 11) is 0. The van der Waals surface area contributed by atoms with Gasteiger partial charge in [0.25, 0.3) is 0 Å². The molecule has 3 heteroatoms. The molecule has 0 aliphatic heterocycles. The number of hydrogen-bond acceptors (Lipinski definition) is 2. The summed E-state index contributed by atoms with van der Waals surface area (Å²) in [5, 5.41) is 3.02. The molecule has 0 saturated carbocycles. The molecule has 1 aromatic carbocycles. The van der Waals surface area contributed by atoms with Crippen LogP contribution in [0.3, 0.4) is 0 Å². The number of benzene rings is 1. The van der Waals surface area contributed by atoms with E-state index in [1.807, 2.05) is 26.0 Å². The first-order chi connectivity index (χ1) is 8.60. The molecule has 92 valence electrons. The maximum absolute atomic E-state index is 13.4. The van der Waals surface area contributed by atoms with Crippen LogP contribution in [-0.2, 0) is 0 Å². The second-order valence-electron chi connectivity index (χ2n) is 4.22. The Morgan fingerprint density at radius 3 is 2.61 bits per heavy atom. The van der Waals surface area contributed by atoms with E-state index in [-0.39, 0.29) is 5.82 Å². The second-order valence-corrected chi connectivity index (χ2v) is 4.22. The van der Waals surface area contributed by atoms with Crippen molar-refractivity contribution in [2.45, 2.75) is 13.8 Å². The fraction of sp³-hybridized carbons (Fsp3) is 0.133. The van der Waals surface area contributed by atoms with Gasteiger partial charge in [-0.25, -0.2) is 4.39 Å². The Morgan fingerprint density at radius 2 is 1.94 bits per heavy atom. The van der Waals surface area contributed by atoms with Gasteiger partial charge in [-0.1, -0.05) is 12.6 Å². The van der Waals surface area contributed by atoms with Crippen LogP contribution in [0.5, 0.6) is 0 Å². The first-order valence-electron chi connectivity index (χ1n) is 5.72. The highest BCUT2D eigenvalue weighted by molar-refractivity contribution is 5.69. The smallest absolute Gasteiger partial charge is 0.124 e. The molecule has 0 amide bonds. The number of nitrogens with zero attached hydrogens (tertiary/aromatic N) is 1. The van der Waals surface area contributed by atoms with Crippen molar-refractivity contribution in [2.75, 3.05) is 5.32 Å². The van der Waals surface area contributed by atoms with Gasteiger partial charge < -0.3 is 5.32 Å². The van der Waals surface area contributed by atoms with E-state index in [2.05, 4.69) is 16.9 Å². The Hall–Kier alpha value is -2.16. The molecule has 1 aromatic heterocycles. The number of pyridine rings is 1. The summed E-state index contributed by atoms with van der Waals surface area (Å²) in [6.45, 7) is 7.41. The van der Waals surface area contributed by atoms with Crippen LogP contribution in [0.4, 0.5) is 10.1 Å². The van der Waals surface area contributed by atoms with E-state index < -0.39 is 0 Å². The van der Waals surface area contributed by atoms with Crippen molar-refractivity contribution in [1.29, 1.82) is 0 Å². The Balaban J connectivity index is 2.50. The number of aromatic nitrogens is 1. The van der Waals surface area contributed by atoms with Crippen LogP contribution in [-0.4, -0.2) is 4.98 Å². The zero-order valence-electron chi connectivity index (χ0n) is 10.5. The van der Waals surface area contributed by atoms with Crippen LogP contribution in [0.25, 0.3) is 11.1 Å². The molecule has 0 fully saturated rings. The minimum Gasteiger partial charge on any atom is -0.361 e. The molecular weight excluding hydrogens is 227 g/mol. The molecule has 0 radical (unpaired) electrons. The maximum atomic E-state index is 13.4. The molecule has 0 aliphatic carbocycles. The third kappa shape index (κ3) is 2.56. The fourth-order valence-corrected chi connectivity index (χ4v) is 1.85. The molecule has 0 bridgehead atoms. The zero-order chi connectivity index (χ0) is 13.1. The highest BCUT2D eigenvalue weighted by Gasteiger charge is 2.05. The van der Waals surface area contributed by atoms with Crippen molar-refractivity contribution in [2.24, 2.45) is 0 Å². The molecule has 1 heterocycles. The van der Waals surface area contributed by atoms with Crippen LogP contribution in [0.1, 0.15) is 11.3 Å². The van der Waals surface area contributed by atoms with Crippen molar-refractivity contribution in [1.82, 2.24) is 4.98 Å². The van der Waals surface area contributed by atoms with Gasteiger partial charge in [0.1, 0.15) is 5.82 Å². The number of anilines is 1. The van der Waals surface area contributed by atoms with Crippen LogP contribution >= 0.6 is 0 Å². The lowest BCUT2D eigenvalue weighted by molar-refractivity contribution is 0.627. The van der Waals surface area contributed by atoms with Gasteiger partial charge >= 0.3 is 0 Å². The van der Waals surface area contributed by atoms with E-state index >= 15 is 0 Å². The molecule has 18 heavy (non-hydrogen) atoms. The van der Waals surface area contributed by atoms with E-state index in [9.17, 15) is 4.39 Å². The third-order valence-electron chi connectivity index (χ3n) is 2.72. The first-order valence-corrected chi connectivity index (χ1v) is 5.72. The number of aryl methyl sites for hydroxylation is 2. The third-order valence-corrected chi connectivity index (χ3v) is 2.72. The van der Waals surface area contributed by atoms with Crippen LogP contribution < -0.4 is 5.32 Å². The van der Waals surface area contributed by atoms with E-state index in [0.717, 1.165) is 28.1 Å². The molecule has 0 unspecified atom stereocenters. The number of hydrogen-bond donors (Lipinski definition) is 1. The SMILES string of the molecule is C=CNc1cc(-c2cc(C)cc(F)c2)cnc1C. The Labute approximate surface area is 106 Å². The van der Waals surface area contributed by atoms with Crippen molar-refractivity contribution in [3.05, 3.63) is 60.3 Å². The quantitative estimate of drug-likeness (QED) is 0.877. The van der Waals surface area contributed by atoms with Gasteiger partial charge in [-0.2, -0.15) is 0 Å². The maximum Gasteiger partial charge on any atom is 0.124 e. The molecule has 2 rings (SSSR count). The van der Waals surface area contributed by atoms with Gasteiger partial charge in [0.05, 0.1) is 11.4 Å². The Bertz CT molecular complexity index is 571. The van der Waals surface area contributed by atoms with Gasteiger partial charge in [0.2, 0.25) is 0 Å². The van der Waals surface area contributed by atoms with Gasteiger partial charge in [0.15, 0.2) is 0 Å². The summed E-state index contributed by atoms with van der Waals surface area (Å²) < 4.78 is 13.4. The summed E-state index contributed by atoms with van der Waals surface area (Å²) in [4.78, 5) is 4.30. The van der Waals surface area contributed by atoms with Gasteiger partial charge in [-0.3, -0.25) is 4.98 Å². The molecule has 2 aromatic rings. The van der Waals surface area contributed by atoms with Crippen molar-refractivity contribution in [3.63, 3.8) is 0 Å². The normalized spacial score (nSPS) is 10.2. The molecule has 2 nitrogen and oxygen atoms in total. The molecule has 0 atom stereocenters. The summed E-state index contributed by atoms with van der Waals surface area (Å²) in [5.41, 5.74) is 4.36. The molecular formula is C15H15FN2. The van der Waals surface area contributed by atoms with E-state index in [1.165, 1.54) is 12.1 Å². The lowest BCUT2D eigenvalue weighted by atomic mass is 10.0. The van der Waals surface area contributed by atoms with Gasteiger partial charge in [-0.15, -0.1) is 0 Å². The second kappa shape index (κ2) is 5.00.